The van der Waals surface area contributed by atoms with E-state index in [9.17, 15) is 4.79 Å². The average Bonchev–Trinajstić information content (AvgIpc) is 2.02. The van der Waals surface area contributed by atoms with Crippen molar-refractivity contribution in [2.45, 2.75) is 19.4 Å². The summed E-state index contributed by atoms with van der Waals surface area (Å²) in [6, 6.07) is 5.12. The van der Waals surface area contributed by atoms with Crippen LogP contribution in [0.2, 0.25) is 5.15 Å². The van der Waals surface area contributed by atoms with Gasteiger partial charge in [0.05, 0.1) is 0 Å². The molecule has 76 valence electrons. The van der Waals surface area contributed by atoms with Crippen LogP contribution in [0.5, 0.6) is 0 Å². The number of hydrogen-bond donors (Lipinski definition) is 2. The number of carbonyl (C=O) groups excluding carboxylic acids is 1. The first-order valence-electron chi connectivity index (χ1n) is 4.12. The number of pyridine rings is 1. The maximum Gasteiger partial charge on any atom is 0.242 e. The predicted octanol–water partition coefficient (Wildman–Crippen LogP) is 1.41. The molecule has 0 aliphatic heterocycles. The van der Waals surface area contributed by atoms with E-state index in [0.717, 1.165) is 0 Å². The van der Waals surface area contributed by atoms with Crippen LogP contribution in [0.3, 0.4) is 0 Å². The fraction of sp³-hybridized carbons (Fsp3) is 0.333. The Hall–Kier alpha value is -1.29. The molecule has 1 aromatic heterocycles. The standard InChI is InChI=1S/C9H12ClN3O/c1-9(2,8(11)14)13-7-5-3-4-6(10)12-7/h3-5H,1-2H3,(H2,11,14)(H,12,13). The summed E-state index contributed by atoms with van der Waals surface area (Å²) in [6.07, 6.45) is 0. The van der Waals surface area contributed by atoms with Crippen molar-refractivity contribution in [1.29, 1.82) is 0 Å². The van der Waals surface area contributed by atoms with Crippen LogP contribution in [-0.4, -0.2) is 16.4 Å². The van der Waals surface area contributed by atoms with E-state index in [1.54, 1.807) is 32.0 Å². The molecule has 1 heterocycles. The van der Waals surface area contributed by atoms with Gasteiger partial charge in [-0.05, 0) is 26.0 Å². The fourth-order valence-electron chi connectivity index (χ4n) is 0.860. The summed E-state index contributed by atoms with van der Waals surface area (Å²) >= 11 is 5.69. The lowest BCUT2D eigenvalue weighted by molar-refractivity contribution is -0.121. The van der Waals surface area contributed by atoms with Gasteiger partial charge in [0.15, 0.2) is 0 Å². The maximum atomic E-state index is 11.0. The second-order valence-corrected chi connectivity index (χ2v) is 3.85. The molecule has 0 bridgehead atoms. The smallest absolute Gasteiger partial charge is 0.242 e. The molecule has 0 spiro atoms. The SMILES string of the molecule is CC(C)(Nc1cccc(Cl)n1)C(N)=O. The van der Waals surface area contributed by atoms with E-state index in [4.69, 9.17) is 17.3 Å². The minimum absolute atomic E-state index is 0.371. The number of rotatable bonds is 3. The van der Waals surface area contributed by atoms with E-state index in [1.807, 2.05) is 0 Å². The summed E-state index contributed by atoms with van der Waals surface area (Å²) in [5.41, 5.74) is 4.36. The molecule has 0 atom stereocenters. The molecule has 3 N–H and O–H groups in total. The van der Waals surface area contributed by atoms with Gasteiger partial charge < -0.3 is 11.1 Å². The molecular formula is C9H12ClN3O. The van der Waals surface area contributed by atoms with Gasteiger partial charge in [0, 0.05) is 0 Å². The third-order valence-electron chi connectivity index (χ3n) is 1.77. The van der Waals surface area contributed by atoms with E-state index in [1.165, 1.54) is 0 Å². The van der Waals surface area contributed by atoms with Crippen LogP contribution in [0.15, 0.2) is 18.2 Å². The molecule has 0 aliphatic carbocycles. The minimum Gasteiger partial charge on any atom is -0.368 e. The first-order valence-corrected chi connectivity index (χ1v) is 4.50. The number of amides is 1. The molecule has 1 amide bonds. The van der Waals surface area contributed by atoms with Gasteiger partial charge in [0.2, 0.25) is 5.91 Å². The molecule has 0 aliphatic rings. The Labute approximate surface area is 87.5 Å². The van der Waals surface area contributed by atoms with Crippen molar-refractivity contribution in [1.82, 2.24) is 4.98 Å². The molecule has 5 heteroatoms. The number of primary amides is 1. The highest BCUT2D eigenvalue weighted by atomic mass is 35.5. The van der Waals surface area contributed by atoms with Gasteiger partial charge in [-0.2, -0.15) is 0 Å². The normalized spacial score (nSPS) is 11.1. The van der Waals surface area contributed by atoms with Crippen LogP contribution in [0, 0.1) is 0 Å². The highest BCUT2D eigenvalue weighted by Gasteiger charge is 2.24. The second kappa shape index (κ2) is 3.84. The first kappa shape index (κ1) is 10.8. The Morgan fingerprint density at radius 3 is 2.71 bits per heavy atom. The van der Waals surface area contributed by atoms with Crippen LogP contribution in [0.25, 0.3) is 0 Å². The van der Waals surface area contributed by atoms with Crippen LogP contribution >= 0.6 is 11.6 Å². The summed E-state index contributed by atoms with van der Waals surface area (Å²) in [4.78, 5) is 15.0. The topological polar surface area (TPSA) is 68.0 Å². The molecule has 1 aromatic rings. The summed E-state index contributed by atoms with van der Waals surface area (Å²) in [5, 5.41) is 3.26. The van der Waals surface area contributed by atoms with Crippen molar-refractivity contribution in [2.24, 2.45) is 5.73 Å². The Bertz CT molecular complexity index is 352. The van der Waals surface area contributed by atoms with E-state index < -0.39 is 11.4 Å². The predicted molar refractivity (Wildman–Crippen MR) is 56.1 cm³/mol. The van der Waals surface area contributed by atoms with Crippen LogP contribution in [0.1, 0.15) is 13.8 Å². The first-order chi connectivity index (χ1) is 6.42. The Kier molecular flexibility index (Phi) is 2.96. The zero-order valence-corrected chi connectivity index (χ0v) is 8.80. The summed E-state index contributed by atoms with van der Waals surface area (Å²) in [6.45, 7) is 3.36. The van der Waals surface area contributed by atoms with Crippen LogP contribution < -0.4 is 11.1 Å². The van der Waals surface area contributed by atoms with Crippen LogP contribution in [0.4, 0.5) is 5.82 Å². The van der Waals surface area contributed by atoms with Crippen LogP contribution in [-0.2, 0) is 4.79 Å². The largest absolute Gasteiger partial charge is 0.368 e. The van der Waals surface area contributed by atoms with Crippen molar-refractivity contribution >= 4 is 23.3 Å². The van der Waals surface area contributed by atoms with Crippen molar-refractivity contribution in [2.75, 3.05) is 5.32 Å². The lowest BCUT2D eigenvalue weighted by atomic mass is 10.1. The average molecular weight is 214 g/mol. The van der Waals surface area contributed by atoms with Crippen molar-refractivity contribution in [3.8, 4) is 0 Å². The molecule has 0 fully saturated rings. The molecule has 0 saturated carbocycles. The molecular weight excluding hydrogens is 202 g/mol. The van der Waals surface area contributed by atoms with Gasteiger partial charge in [0.25, 0.3) is 0 Å². The Balaban J connectivity index is 2.83. The van der Waals surface area contributed by atoms with Gasteiger partial charge in [-0.15, -0.1) is 0 Å². The monoisotopic (exact) mass is 213 g/mol. The van der Waals surface area contributed by atoms with Gasteiger partial charge in [0.1, 0.15) is 16.5 Å². The van der Waals surface area contributed by atoms with Crippen molar-refractivity contribution in [3.63, 3.8) is 0 Å². The third-order valence-corrected chi connectivity index (χ3v) is 1.98. The van der Waals surface area contributed by atoms with E-state index in [-0.39, 0.29) is 0 Å². The van der Waals surface area contributed by atoms with Gasteiger partial charge in [-0.3, -0.25) is 4.79 Å². The van der Waals surface area contributed by atoms with Gasteiger partial charge >= 0.3 is 0 Å². The molecule has 0 unspecified atom stereocenters. The quantitative estimate of drug-likeness (QED) is 0.746. The Morgan fingerprint density at radius 2 is 2.21 bits per heavy atom. The number of nitrogens with one attached hydrogen (secondary N) is 1. The molecule has 4 nitrogen and oxygen atoms in total. The summed E-state index contributed by atoms with van der Waals surface area (Å²) in [7, 11) is 0. The Morgan fingerprint density at radius 1 is 1.57 bits per heavy atom. The number of hydrogen-bond acceptors (Lipinski definition) is 3. The van der Waals surface area contributed by atoms with E-state index in [0.29, 0.717) is 11.0 Å². The number of nitrogens with two attached hydrogens (primary N) is 1. The van der Waals surface area contributed by atoms with Gasteiger partial charge in [-0.1, -0.05) is 17.7 Å². The number of aromatic nitrogens is 1. The summed E-state index contributed by atoms with van der Waals surface area (Å²) in [5.74, 6) is 0.0839. The lowest BCUT2D eigenvalue weighted by Gasteiger charge is -2.22. The van der Waals surface area contributed by atoms with E-state index in [2.05, 4.69) is 10.3 Å². The van der Waals surface area contributed by atoms with E-state index >= 15 is 0 Å². The second-order valence-electron chi connectivity index (χ2n) is 3.46. The molecule has 0 saturated heterocycles. The third kappa shape index (κ3) is 2.60. The highest BCUT2D eigenvalue weighted by molar-refractivity contribution is 6.29. The lowest BCUT2D eigenvalue weighted by Crippen LogP contribution is -2.45. The fourth-order valence-corrected chi connectivity index (χ4v) is 1.02. The zero-order chi connectivity index (χ0) is 10.8. The molecule has 14 heavy (non-hydrogen) atoms. The molecule has 1 rings (SSSR count). The zero-order valence-electron chi connectivity index (χ0n) is 8.04. The maximum absolute atomic E-state index is 11.0. The van der Waals surface area contributed by atoms with Crippen molar-refractivity contribution in [3.05, 3.63) is 23.4 Å². The highest BCUT2D eigenvalue weighted by Crippen LogP contribution is 2.14. The minimum atomic E-state index is -0.836. The number of anilines is 1. The molecule has 0 radical (unpaired) electrons. The number of halogens is 1. The van der Waals surface area contributed by atoms with Gasteiger partial charge in [-0.25, -0.2) is 4.98 Å². The number of nitrogens with zero attached hydrogens (tertiary/aromatic N) is 1. The summed E-state index contributed by atoms with van der Waals surface area (Å²) < 4.78 is 0. The van der Waals surface area contributed by atoms with Crippen molar-refractivity contribution < 1.29 is 4.79 Å². The number of carbonyl (C=O) groups is 1. The molecule has 0 aromatic carbocycles.